The van der Waals surface area contributed by atoms with Crippen LogP contribution < -0.4 is 5.56 Å². The van der Waals surface area contributed by atoms with Gasteiger partial charge in [-0.05, 0) is 18.4 Å². The Morgan fingerprint density at radius 3 is 3.11 bits per heavy atom. The Bertz CT molecular complexity index is 657. The van der Waals surface area contributed by atoms with Crippen LogP contribution >= 0.6 is 11.3 Å². The van der Waals surface area contributed by atoms with E-state index in [1.165, 1.54) is 22.2 Å². The fourth-order valence-corrected chi connectivity index (χ4v) is 2.23. The normalized spacial score (nSPS) is 10.5. The minimum Gasteiger partial charge on any atom is -0.463 e. The van der Waals surface area contributed by atoms with Crippen molar-refractivity contribution in [3.05, 3.63) is 40.3 Å². The van der Waals surface area contributed by atoms with Crippen LogP contribution in [-0.2, 0) is 16.1 Å². The number of rotatable bonds is 4. The molecule has 0 saturated carbocycles. The first-order valence-electron chi connectivity index (χ1n) is 5.41. The molecule has 0 unspecified atom stereocenters. The van der Waals surface area contributed by atoms with Gasteiger partial charge in [0.05, 0.1) is 24.9 Å². The summed E-state index contributed by atoms with van der Waals surface area (Å²) in [5.41, 5.74) is 0.0574. The molecule has 0 N–H and O–H groups in total. The largest absolute Gasteiger partial charge is 0.463 e. The lowest BCUT2D eigenvalue weighted by molar-refractivity contribution is -0.138. The molecule has 6 heteroatoms. The number of hydrogen-bond donors (Lipinski definition) is 0. The van der Waals surface area contributed by atoms with Gasteiger partial charge in [0.2, 0.25) is 0 Å². The Balaban J connectivity index is 2.27. The Labute approximate surface area is 107 Å². The highest BCUT2D eigenvalue weighted by molar-refractivity contribution is 7.16. The van der Waals surface area contributed by atoms with Gasteiger partial charge in [-0.3, -0.25) is 9.36 Å². The summed E-state index contributed by atoms with van der Waals surface area (Å²) in [6.07, 6.45) is 1.42. The summed E-state index contributed by atoms with van der Waals surface area (Å²) in [4.78, 5) is 28.3. The summed E-state index contributed by atoms with van der Waals surface area (Å²) >= 11 is 1.40. The van der Waals surface area contributed by atoms with Crippen molar-refractivity contribution < 1.29 is 9.53 Å². The van der Waals surface area contributed by atoms with Crippen molar-refractivity contribution in [2.75, 3.05) is 6.61 Å². The zero-order valence-corrected chi connectivity index (χ0v) is 10.7. The van der Waals surface area contributed by atoms with E-state index in [-0.39, 0.29) is 24.3 Å². The zero-order valence-electron chi connectivity index (χ0n) is 9.88. The summed E-state index contributed by atoms with van der Waals surface area (Å²) in [5.74, 6) is -0.491. The summed E-state index contributed by atoms with van der Waals surface area (Å²) in [6.45, 7) is 5.72. The van der Waals surface area contributed by atoms with E-state index >= 15 is 0 Å². The lowest BCUT2D eigenvalue weighted by Gasteiger charge is -2.07. The number of aromatic nitrogens is 2. The third-order valence-corrected chi connectivity index (χ3v) is 3.20. The van der Waals surface area contributed by atoms with Crippen molar-refractivity contribution >= 4 is 27.5 Å². The molecule has 0 fully saturated rings. The van der Waals surface area contributed by atoms with Crippen LogP contribution in [0.15, 0.2) is 34.7 Å². The standard InChI is InChI=1S/C12H12N2O3S/c1-3-17-12(16)8(2)6-14-7-13-10-9(11(14)15)4-5-18-10/h4-5,7H,2-3,6H2,1H3. The van der Waals surface area contributed by atoms with Crippen LogP contribution in [0.1, 0.15) is 6.92 Å². The third-order valence-electron chi connectivity index (χ3n) is 2.38. The Morgan fingerprint density at radius 1 is 1.61 bits per heavy atom. The van der Waals surface area contributed by atoms with E-state index in [2.05, 4.69) is 11.6 Å². The number of hydrogen-bond acceptors (Lipinski definition) is 5. The van der Waals surface area contributed by atoms with Crippen molar-refractivity contribution in [2.45, 2.75) is 13.5 Å². The lowest BCUT2D eigenvalue weighted by Crippen LogP contribution is -2.23. The molecule has 94 valence electrons. The van der Waals surface area contributed by atoms with Gasteiger partial charge < -0.3 is 4.74 Å². The van der Waals surface area contributed by atoms with E-state index in [4.69, 9.17) is 4.74 Å². The molecule has 18 heavy (non-hydrogen) atoms. The maximum Gasteiger partial charge on any atom is 0.335 e. The van der Waals surface area contributed by atoms with Crippen molar-refractivity contribution in [2.24, 2.45) is 0 Å². The molecule has 0 radical (unpaired) electrons. The van der Waals surface area contributed by atoms with Crippen molar-refractivity contribution in [1.29, 1.82) is 0 Å². The summed E-state index contributed by atoms with van der Waals surface area (Å²) in [6, 6.07) is 1.72. The van der Waals surface area contributed by atoms with Gasteiger partial charge in [0.25, 0.3) is 5.56 Å². The fourth-order valence-electron chi connectivity index (χ4n) is 1.51. The molecular formula is C12H12N2O3S. The van der Waals surface area contributed by atoms with E-state index in [1.54, 1.807) is 13.0 Å². The SMILES string of the molecule is C=C(Cn1cnc2sccc2c1=O)C(=O)OCC. The highest BCUT2D eigenvalue weighted by Crippen LogP contribution is 2.13. The average Bonchev–Trinajstić information content (AvgIpc) is 2.82. The molecule has 0 aromatic carbocycles. The third kappa shape index (κ3) is 2.33. The van der Waals surface area contributed by atoms with E-state index in [1.807, 2.05) is 5.38 Å². The summed E-state index contributed by atoms with van der Waals surface area (Å²) in [5, 5.41) is 2.36. The van der Waals surface area contributed by atoms with Crippen LogP contribution in [0, 0.1) is 0 Å². The predicted octanol–water partition coefficient (Wildman–Crippen LogP) is 1.58. The van der Waals surface area contributed by atoms with E-state index < -0.39 is 5.97 Å². The smallest absolute Gasteiger partial charge is 0.335 e. The van der Waals surface area contributed by atoms with Gasteiger partial charge >= 0.3 is 5.97 Å². The zero-order chi connectivity index (χ0) is 13.1. The molecule has 2 rings (SSSR count). The average molecular weight is 264 g/mol. The molecule has 0 bridgehead atoms. The van der Waals surface area contributed by atoms with Crippen LogP contribution in [0.5, 0.6) is 0 Å². The highest BCUT2D eigenvalue weighted by Gasteiger charge is 2.11. The molecule has 0 aliphatic heterocycles. The van der Waals surface area contributed by atoms with E-state index in [0.29, 0.717) is 10.2 Å². The number of nitrogens with zero attached hydrogens (tertiary/aromatic N) is 2. The summed E-state index contributed by atoms with van der Waals surface area (Å²) in [7, 11) is 0. The van der Waals surface area contributed by atoms with Crippen molar-refractivity contribution in [3.63, 3.8) is 0 Å². The molecule has 5 nitrogen and oxygen atoms in total. The maximum atomic E-state index is 12.0. The first-order valence-corrected chi connectivity index (χ1v) is 6.29. The number of fused-ring (bicyclic) bond motifs is 1. The van der Waals surface area contributed by atoms with Crippen LogP contribution in [0.4, 0.5) is 0 Å². The number of carbonyl (C=O) groups is 1. The molecule has 0 aliphatic carbocycles. The Morgan fingerprint density at radius 2 is 2.39 bits per heavy atom. The molecule has 0 saturated heterocycles. The second kappa shape index (κ2) is 5.14. The highest BCUT2D eigenvalue weighted by atomic mass is 32.1. The van der Waals surface area contributed by atoms with E-state index in [0.717, 1.165) is 0 Å². The van der Waals surface area contributed by atoms with Crippen LogP contribution in [0.3, 0.4) is 0 Å². The topological polar surface area (TPSA) is 61.2 Å². The van der Waals surface area contributed by atoms with Gasteiger partial charge in [0, 0.05) is 5.57 Å². The van der Waals surface area contributed by atoms with Crippen LogP contribution in [-0.4, -0.2) is 22.1 Å². The fraction of sp³-hybridized carbons (Fsp3) is 0.250. The first kappa shape index (κ1) is 12.5. The van der Waals surface area contributed by atoms with Crippen molar-refractivity contribution in [3.8, 4) is 0 Å². The number of thiophene rings is 1. The number of carbonyl (C=O) groups excluding carboxylic acids is 1. The molecule has 2 aromatic rings. The molecular weight excluding hydrogens is 252 g/mol. The first-order chi connectivity index (χ1) is 8.63. The van der Waals surface area contributed by atoms with Crippen molar-refractivity contribution in [1.82, 2.24) is 9.55 Å². The minimum absolute atomic E-state index is 0.0937. The molecule has 2 heterocycles. The van der Waals surface area contributed by atoms with Crippen LogP contribution in [0.25, 0.3) is 10.2 Å². The number of esters is 1. The molecule has 0 atom stereocenters. The minimum atomic E-state index is -0.491. The van der Waals surface area contributed by atoms with Gasteiger partial charge in [-0.25, -0.2) is 9.78 Å². The van der Waals surface area contributed by atoms with Crippen LogP contribution in [0.2, 0.25) is 0 Å². The number of ether oxygens (including phenoxy) is 1. The monoisotopic (exact) mass is 264 g/mol. The molecule has 0 spiro atoms. The Kier molecular flexibility index (Phi) is 3.57. The molecule has 0 aliphatic rings. The van der Waals surface area contributed by atoms with Gasteiger partial charge in [-0.15, -0.1) is 11.3 Å². The van der Waals surface area contributed by atoms with Gasteiger partial charge in [0.1, 0.15) is 4.83 Å². The second-order valence-electron chi connectivity index (χ2n) is 3.64. The Hall–Kier alpha value is -1.95. The van der Waals surface area contributed by atoms with Gasteiger partial charge in [-0.1, -0.05) is 6.58 Å². The van der Waals surface area contributed by atoms with Gasteiger partial charge in [-0.2, -0.15) is 0 Å². The maximum absolute atomic E-state index is 12.0. The lowest BCUT2D eigenvalue weighted by atomic mass is 10.3. The molecule has 0 amide bonds. The quantitative estimate of drug-likeness (QED) is 0.621. The van der Waals surface area contributed by atoms with Gasteiger partial charge in [0.15, 0.2) is 0 Å². The summed E-state index contributed by atoms with van der Waals surface area (Å²) < 4.78 is 6.17. The molecule has 2 aromatic heterocycles. The van der Waals surface area contributed by atoms with E-state index in [9.17, 15) is 9.59 Å². The predicted molar refractivity (Wildman–Crippen MR) is 69.7 cm³/mol. The second-order valence-corrected chi connectivity index (χ2v) is 4.54.